The predicted octanol–water partition coefficient (Wildman–Crippen LogP) is 7.42. The van der Waals surface area contributed by atoms with Gasteiger partial charge in [-0.05, 0) is 70.4 Å². The second-order valence-electron chi connectivity index (χ2n) is 8.84. The van der Waals surface area contributed by atoms with Gasteiger partial charge in [-0.2, -0.15) is 44.3 Å². The third-order valence-corrected chi connectivity index (χ3v) is 5.81. The minimum Gasteiger partial charge on any atom is -0.330 e. The van der Waals surface area contributed by atoms with Crippen molar-refractivity contribution in [1.29, 1.82) is 0 Å². The zero-order valence-corrected chi connectivity index (χ0v) is 20.5. The summed E-state index contributed by atoms with van der Waals surface area (Å²) in [5.41, 5.74) is -5.92. The molecule has 5 nitrogen and oxygen atoms in total. The van der Waals surface area contributed by atoms with E-state index >= 15 is 0 Å². The molecular weight excluding hydrogens is 579 g/mol. The van der Waals surface area contributed by atoms with Crippen LogP contribution in [0.4, 0.5) is 54.2 Å². The van der Waals surface area contributed by atoms with E-state index in [1.54, 1.807) is 0 Å². The maximum absolute atomic E-state index is 14.6. The summed E-state index contributed by atoms with van der Waals surface area (Å²) in [5, 5.41) is 11.1. The molecule has 0 N–H and O–H groups in total. The molecule has 4 rings (SSSR count). The van der Waals surface area contributed by atoms with Crippen LogP contribution in [0, 0.1) is 11.6 Å². The molecule has 0 unspecified atom stereocenters. The molecule has 0 aliphatic rings. The molecule has 0 bridgehead atoms. The molecule has 0 saturated heterocycles. The Balaban J connectivity index is 1.87. The Bertz CT molecular complexity index is 1520. The molecule has 0 atom stereocenters. The van der Waals surface area contributed by atoms with E-state index in [0.29, 0.717) is 24.3 Å². The lowest BCUT2D eigenvalue weighted by Gasteiger charge is -2.24. The van der Waals surface area contributed by atoms with Gasteiger partial charge in [-0.25, -0.2) is 8.78 Å². The minimum absolute atomic E-state index is 0.0773. The lowest BCUT2D eigenvalue weighted by atomic mass is 9.96. The van der Waals surface area contributed by atoms with Crippen molar-refractivity contribution < 1.29 is 48.3 Å². The Labute approximate surface area is 223 Å². The molecule has 4 aromatic rings. The molecule has 0 radical (unpaired) electrons. The molecule has 41 heavy (non-hydrogen) atoms. The Kier molecular flexibility index (Phi) is 7.71. The summed E-state index contributed by atoms with van der Waals surface area (Å²) >= 11 is 0. The van der Waals surface area contributed by atoms with E-state index in [9.17, 15) is 48.3 Å². The Hall–Kier alpha value is -4.24. The lowest BCUT2D eigenvalue weighted by Crippen LogP contribution is -2.25. The summed E-state index contributed by atoms with van der Waals surface area (Å²) in [5.74, 6) is -2.28. The Morgan fingerprint density at radius 2 is 1.29 bits per heavy atom. The van der Waals surface area contributed by atoms with E-state index in [4.69, 9.17) is 0 Å². The number of halogens is 11. The number of hydrogen-bond donors (Lipinski definition) is 0. The van der Waals surface area contributed by atoms with E-state index in [-0.39, 0.29) is 23.1 Å². The summed E-state index contributed by atoms with van der Waals surface area (Å²) in [4.78, 5) is 1.85. The van der Waals surface area contributed by atoms with Crippen LogP contribution in [-0.2, 0) is 38.7 Å². The number of alkyl halides is 9. The van der Waals surface area contributed by atoms with Crippen molar-refractivity contribution >= 4 is 5.95 Å². The fourth-order valence-corrected chi connectivity index (χ4v) is 4.00. The van der Waals surface area contributed by atoms with Gasteiger partial charge in [0.25, 0.3) is 5.95 Å². The molecule has 1 heterocycles. The van der Waals surface area contributed by atoms with Gasteiger partial charge in [0, 0.05) is 18.7 Å². The third kappa shape index (κ3) is 6.92. The van der Waals surface area contributed by atoms with E-state index in [2.05, 4.69) is 15.4 Å². The third-order valence-electron chi connectivity index (χ3n) is 5.81. The van der Waals surface area contributed by atoms with E-state index in [0.717, 1.165) is 34.0 Å². The first-order chi connectivity index (χ1) is 18.9. The van der Waals surface area contributed by atoms with Crippen LogP contribution in [0.1, 0.15) is 27.8 Å². The SMILES string of the molecule is Cn1nnc(N(Cc2cc(C(F)(F)F)cc(C(F)(F)F)c2)Cc2cc(C(F)(F)F)ccc2-c2cc(F)ccc2F)n1. The number of aromatic nitrogens is 4. The largest absolute Gasteiger partial charge is 0.416 e. The molecule has 0 aliphatic carbocycles. The van der Waals surface area contributed by atoms with Gasteiger partial charge in [0.15, 0.2) is 0 Å². The number of hydrogen-bond acceptors (Lipinski definition) is 4. The molecule has 0 aliphatic heterocycles. The van der Waals surface area contributed by atoms with E-state index in [1.165, 1.54) is 7.05 Å². The van der Waals surface area contributed by atoms with Crippen LogP contribution in [0.15, 0.2) is 54.6 Å². The van der Waals surface area contributed by atoms with Gasteiger partial charge in [-0.3, -0.25) is 0 Å². The van der Waals surface area contributed by atoms with Crippen molar-refractivity contribution in [2.75, 3.05) is 4.90 Å². The monoisotopic (exact) mass is 595 g/mol. The fourth-order valence-electron chi connectivity index (χ4n) is 4.00. The number of rotatable bonds is 6. The van der Waals surface area contributed by atoms with Crippen molar-refractivity contribution in [2.24, 2.45) is 7.05 Å². The Morgan fingerprint density at radius 1 is 0.683 bits per heavy atom. The zero-order valence-electron chi connectivity index (χ0n) is 20.5. The van der Waals surface area contributed by atoms with Gasteiger partial charge >= 0.3 is 18.5 Å². The number of benzene rings is 3. The normalized spacial score (nSPS) is 12.6. The highest BCUT2D eigenvalue weighted by Gasteiger charge is 2.37. The van der Waals surface area contributed by atoms with Gasteiger partial charge in [0.1, 0.15) is 11.6 Å². The Morgan fingerprint density at radius 3 is 1.83 bits per heavy atom. The van der Waals surface area contributed by atoms with Gasteiger partial charge in [-0.15, -0.1) is 5.10 Å². The van der Waals surface area contributed by atoms with Crippen molar-refractivity contribution in [2.45, 2.75) is 31.6 Å². The first-order valence-electron chi connectivity index (χ1n) is 11.3. The molecule has 0 amide bonds. The van der Waals surface area contributed by atoms with Crippen LogP contribution in [0.3, 0.4) is 0 Å². The fraction of sp³-hybridized carbons (Fsp3) is 0.240. The first kappa shape index (κ1) is 29.7. The smallest absolute Gasteiger partial charge is 0.330 e. The average molecular weight is 595 g/mol. The summed E-state index contributed by atoms with van der Waals surface area (Å²) < 4.78 is 150. The summed E-state index contributed by atoms with van der Waals surface area (Å²) in [6.45, 7) is -1.45. The topological polar surface area (TPSA) is 46.8 Å². The van der Waals surface area contributed by atoms with Crippen LogP contribution >= 0.6 is 0 Å². The predicted molar refractivity (Wildman–Crippen MR) is 122 cm³/mol. The van der Waals surface area contributed by atoms with Crippen LogP contribution in [0.2, 0.25) is 0 Å². The molecule has 0 fully saturated rings. The summed E-state index contributed by atoms with van der Waals surface area (Å²) in [6.07, 6.45) is -15.2. The van der Waals surface area contributed by atoms with Crippen molar-refractivity contribution in [3.05, 3.63) is 94.0 Å². The minimum atomic E-state index is -5.16. The second-order valence-corrected chi connectivity index (χ2v) is 8.84. The molecule has 0 spiro atoms. The highest BCUT2D eigenvalue weighted by molar-refractivity contribution is 5.69. The number of tetrazole rings is 1. The van der Waals surface area contributed by atoms with Gasteiger partial charge < -0.3 is 4.90 Å². The van der Waals surface area contributed by atoms with Crippen LogP contribution in [0.5, 0.6) is 0 Å². The van der Waals surface area contributed by atoms with Gasteiger partial charge in [0.2, 0.25) is 0 Å². The number of aryl methyl sites for hydroxylation is 1. The van der Waals surface area contributed by atoms with Crippen LogP contribution in [-0.4, -0.2) is 20.2 Å². The highest BCUT2D eigenvalue weighted by Crippen LogP contribution is 2.38. The van der Waals surface area contributed by atoms with Crippen LogP contribution in [0.25, 0.3) is 11.1 Å². The van der Waals surface area contributed by atoms with Crippen LogP contribution < -0.4 is 4.90 Å². The zero-order chi connectivity index (χ0) is 30.3. The molecule has 0 saturated carbocycles. The number of anilines is 1. The maximum atomic E-state index is 14.6. The lowest BCUT2D eigenvalue weighted by molar-refractivity contribution is -0.143. The first-order valence-corrected chi connectivity index (χ1v) is 11.3. The van der Waals surface area contributed by atoms with E-state index < -0.39 is 71.1 Å². The van der Waals surface area contributed by atoms with Crippen molar-refractivity contribution in [3.63, 3.8) is 0 Å². The van der Waals surface area contributed by atoms with Gasteiger partial charge in [-0.1, -0.05) is 11.2 Å². The standard InChI is InChI=1S/C25H16F11N5/c1-40-38-22(37-39-40)41(11-13-6-16(24(31,32)33)9-17(7-13)25(34,35)36)12-14-8-15(23(28,29)30)2-4-19(14)20-10-18(26)3-5-21(20)27/h2-10H,11-12H2,1H3. The molecular formula is C25H16F11N5. The van der Waals surface area contributed by atoms with Crippen molar-refractivity contribution in [3.8, 4) is 11.1 Å². The average Bonchev–Trinajstić information content (AvgIpc) is 3.29. The summed E-state index contributed by atoms with van der Waals surface area (Å²) in [7, 11) is 1.29. The quantitative estimate of drug-likeness (QED) is 0.218. The molecule has 16 heteroatoms. The number of nitrogens with zero attached hydrogens (tertiary/aromatic N) is 5. The highest BCUT2D eigenvalue weighted by atomic mass is 19.4. The molecule has 1 aromatic heterocycles. The van der Waals surface area contributed by atoms with Gasteiger partial charge in [0.05, 0.1) is 23.7 Å². The van der Waals surface area contributed by atoms with Crippen molar-refractivity contribution in [1.82, 2.24) is 20.2 Å². The maximum Gasteiger partial charge on any atom is 0.416 e. The van der Waals surface area contributed by atoms with E-state index in [1.807, 2.05) is 0 Å². The molecule has 218 valence electrons. The molecule has 3 aromatic carbocycles. The summed E-state index contributed by atoms with van der Waals surface area (Å²) in [6, 6.07) is 5.17. The second kappa shape index (κ2) is 10.6.